The molecular formula is C22H23N3O4. The number of methoxy groups -OCH3 is 3. The summed E-state index contributed by atoms with van der Waals surface area (Å²) < 4.78 is 16.1. The lowest BCUT2D eigenvalue weighted by Gasteiger charge is -2.27. The van der Waals surface area contributed by atoms with Crippen LogP contribution in [0.3, 0.4) is 0 Å². The highest BCUT2D eigenvalue weighted by molar-refractivity contribution is 5.96. The van der Waals surface area contributed by atoms with Gasteiger partial charge in [0.2, 0.25) is 5.75 Å². The van der Waals surface area contributed by atoms with Crippen LogP contribution in [0.15, 0.2) is 42.5 Å². The van der Waals surface area contributed by atoms with Crippen LogP contribution in [-0.4, -0.2) is 48.9 Å². The van der Waals surface area contributed by atoms with E-state index in [1.807, 2.05) is 35.2 Å². The van der Waals surface area contributed by atoms with Crippen molar-refractivity contribution in [2.45, 2.75) is 13.0 Å². The molecule has 1 aliphatic rings. The SMILES string of the molecule is COc1cc(C(=O)N2CCc3[nH]nc(-c4ccccc4)c3C2)cc(OC)c1OC. The Hall–Kier alpha value is -3.48. The van der Waals surface area contributed by atoms with Crippen molar-refractivity contribution in [3.8, 4) is 28.5 Å². The first-order valence-electron chi connectivity index (χ1n) is 9.37. The van der Waals surface area contributed by atoms with Crippen molar-refractivity contribution in [3.63, 3.8) is 0 Å². The summed E-state index contributed by atoms with van der Waals surface area (Å²) in [7, 11) is 4.62. The fourth-order valence-electron chi connectivity index (χ4n) is 3.69. The van der Waals surface area contributed by atoms with Crippen molar-refractivity contribution >= 4 is 5.91 Å². The molecule has 29 heavy (non-hydrogen) atoms. The third-order valence-corrected chi connectivity index (χ3v) is 5.18. The van der Waals surface area contributed by atoms with Gasteiger partial charge in [0.25, 0.3) is 5.91 Å². The van der Waals surface area contributed by atoms with Gasteiger partial charge in [-0.15, -0.1) is 0 Å². The molecule has 0 radical (unpaired) electrons. The van der Waals surface area contributed by atoms with Gasteiger partial charge in [0, 0.05) is 41.9 Å². The Morgan fingerprint density at radius 2 is 1.72 bits per heavy atom. The number of rotatable bonds is 5. The van der Waals surface area contributed by atoms with Crippen molar-refractivity contribution < 1.29 is 19.0 Å². The third-order valence-electron chi connectivity index (χ3n) is 5.18. The highest BCUT2D eigenvalue weighted by Crippen LogP contribution is 2.39. The summed E-state index contributed by atoms with van der Waals surface area (Å²) in [4.78, 5) is 15.1. The molecule has 150 valence electrons. The molecule has 4 rings (SSSR count). The van der Waals surface area contributed by atoms with Crippen LogP contribution in [-0.2, 0) is 13.0 Å². The predicted octanol–water partition coefficient (Wildman–Crippen LogP) is 3.30. The second kappa shape index (κ2) is 7.87. The zero-order valence-corrected chi connectivity index (χ0v) is 16.7. The molecule has 1 amide bonds. The molecule has 3 aromatic rings. The van der Waals surface area contributed by atoms with E-state index in [1.54, 1.807) is 12.1 Å². The first-order chi connectivity index (χ1) is 14.2. The van der Waals surface area contributed by atoms with Gasteiger partial charge in [0.05, 0.1) is 27.0 Å². The molecule has 0 spiro atoms. The van der Waals surface area contributed by atoms with Gasteiger partial charge in [-0.25, -0.2) is 0 Å². The third kappa shape index (κ3) is 3.40. The maximum absolute atomic E-state index is 13.3. The lowest BCUT2D eigenvalue weighted by atomic mass is 10.0. The molecule has 0 bridgehead atoms. The van der Waals surface area contributed by atoms with E-state index >= 15 is 0 Å². The van der Waals surface area contributed by atoms with E-state index < -0.39 is 0 Å². The Balaban J connectivity index is 1.65. The van der Waals surface area contributed by atoms with E-state index in [9.17, 15) is 4.79 Å². The number of H-pyrrole nitrogens is 1. The van der Waals surface area contributed by atoms with Crippen LogP contribution in [0.5, 0.6) is 17.2 Å². The van der Waals surface area contributed by atoms with E-state index in [4.69, 9.17) is 14.2 Å². The summed E-state index contributed by atoms with van der Waals surface area (Å²) in [5.41, 5.74) is 4.56. The smallest absolute Gasteiger partial charge is 0.254 e. The van der Waals surface area contributed by atoms with Crippen LogP contribution < -0.4 is 14.2 Å². The largest absolute Gasteiger partial charge is 0.493 e. The van der Waals surface area contributed by atoms with Gasteiger partial charge >= 0.3 is 0 Å². The predicted molar refractivity (Wildman–Crippen MR) is 109 cm³/mol. The molecular weight excluding hydrogens is 370 g/mol. The molecule has 1 aliphatic heterocycles. The zero-order valence-electron chi connectivity index (χ0n) is 16.7. The minimum absolute atomic E-state index is 0.0879. The number of amides is 1. The molecule has 7 heteroatoms. The molecule has 2 aromatic carbocycles. The molecule has 0 fully saturated rings. The van der Waals surface area contributed by atoms with E-state index in [2.05, 4.69) is 10.2 Å². The minimum Gasteiger partial charge on any atom is -0.493 e. The van der Waals surface area contributed by atoms with Gasteiger partial charge in [-0.3, -0.25) is 9.89 Å². The number of fused-ring (bicyclic) bond motifs is 1. The normalized spacial score (nSPS) is 13.0. The number of carbonyl (C=O) groups is 1. The quantitative estimate of drug-likeness (QED) is 0.720. The maximum Gasteiger partial charge on any atom is 0.254 e. The molecule has 0 saturated carbocycles. The summed E-state index contributed by atoms with van der Waals surface area (Å²) in [6.07, 6.45) is 0.728. The molecule has 0 unspecified atom stereocenters. The second-order valence-electron chi connectivity index (χ2n) is 6.79. The van der Waals surface area contributed by atoms with Crippen LogP contribution in [0.2, 0.25) is 0 Å². The fourth-order valence-corrected chi connectivity index (χ4v) is 3.69. The van der Waals surface area contributed by atoms with Crippen LogP contribution in [0.25, 0.3) is 11.3 Å². The van der Waals surface area contributed by atoms with E-state index in [1.165, 1.54) is 21.3 Å². The Kier molecular flexibility index (Phi) is 5.12. The topological polar surface area (TPSA) is 76.7 Å². The number of benzene rings is 2. The number of carbonyl (C=O) groups excluding carboxylic acids is 1. The number of hydrogen-bond acceptors (Lipinski definition) is 5. The maximum atomic E-state index is 13.3. The van der Waals surface area contributed by atoms with Crippen LogP contribution in [0.1, 0.15) is 21.6 Å². The Labute approximate surface area is 169 Å². The summed E-state index contributed by atoms with van der Waals surface area (Å²) in [6, 6.07) is 13.4. The molecule has 0 saturated heterocycles. The second-order valence-corrected chi connectivity index (χ2v) is 6.79. The van der Waals surface area contributed by atoms with Crippen molar-refractivity contribution in [2.75, 3.05) is 27.9 Å². The number of aromatic nitrogens is 2. The lowest BCUT2D eigenvalue weighted by Crippen LogP contribution is -2.36. The highest BCUT2D eigenvalue weighted by atomic mass is 16.5. The number of nitrogens with zero attached hydrogens (tertiary/aromatic N) is 2. The summed E-state index contributed by atoms with van der Waals surface area (Å²) >= 11 is 0. The first-order valence-corrected chi connectivity index (χ1v) is 9.37. The molecule has 7 nitrogen and oxygen atoms in total. The molecule has 1 N–H and O–H groups in total. The fraction of sp³-hybridized carbons (Fsp3) is 0.273. The molecule has 2 heterocycles. The van der Waals surface area contributed by atoms with Gasteiger partial charge in [-0.1, -0.05) is 30.3 Å². The average Bonchev–Trinajstić information content (AvgIpc) is 3.21. The van der Waals surface area contributed by atoms with Gasteiger partial charge in [-0.2, -0.15) is 5.10 Å². The Morgan fingerprint density at radius 1 is 1.03 bits per heavy atom. The van der Waals surface area contributed by atoms with Gasteiger partial charge in [-0.05, 0) is 12.1 Å². The summed E-state index contributed by atoms with van der Waals surface area (Å²) in [6.45, 7) is 1.10. The molecule has 0 atom stereocenters. The summed E-state index contributed by atoms with van der Waals surface area (Å²) in [5.74, 6) is 1.30. The monoisotopic (exact) mass is 393 g/mol. The van der Waals surface area contributed by atoms with Crippen LogP contribution in [0, 0.1) is 0 Å². The minimum atomic E-state index is -0.0879. The standard InChI is InChI=1S/C22H23N3O4/c1-27-18-11-15(12-19(28-2)21(18)29-3)22(26)25-10-9-17-16(13-25)20(24-23-17)14-7-5-4-6-8-14/h4-8,11-12H,9-10,13H2,1-3H3,(H,23,24). The van der Waals surface area contributed by atoms with Gasteiger partial charge in [0.1, 0.15) is 0 Å². The lowest BCUT2D eigenvalue weighted by molar-refractivity contribution is 0.0733. The Bertz CT molecular complexity index is 1000. The molecule has 1 aromatic heterocycles. The van der Waals surface area contributed by atoms with Crippen molar-refractivity contribution in [1.29, 1.82) is 0 Å². The van der Waals surface area contributed by atoms with Crippen molar-refractivity contribution in [2.24, 2.45) is 0 Å². The first kappa shape index (κ1) is 18.9. The number of nitrogens with one attached hydrogen (secondary N) is 1. The average molecular weight is 393 g/mol. The van der Waals surface area contributed by atoms with Crippen LogP contribution in [0.4, 0.5) is 0 Å². The van der Waals surface area contributed by atoms with E-state index in [0.29, 0.717) is 35.9 Å². The highest BCUT2D eigenvalue weighted by Gasteiger charge is 2.27. The van der Waals surface area contributed by atoms with E-state index in [0.717, 1.165) is 28.9 Å². The number of hydrogen-bond donors (Lipinski definition) is 1. The number of ether oxygens (including phenoxy) is 3. The van der Waals surface area contributed by atoms with Gasteiger partial charge in [0.15, 0.2) is 11.5 Å². The molecule has 0 aliphatic carbocycles. The summed E-state index contributed by atoms with van der Waals surface area (Å²) in [5, 5.41) is 7.62. The van der Waals surface area contributed by atoms with Gasteiger partial charge < -0.3 is 19.1 Å². The van der Waals surface area contributed by atoms with Crippen LogP contribution >= 0.6 is 0 Å². The Morgan fingerprint density at radius 3 is 2.34 bits per heavy atom. The number of aromatic amines is 1. The zero-order chi connectivity index (χ0) is 20.4. The van der Waals surface area contributed by atoms with Crippen molar-refractivity contribution in [3.05, 3.63) is 59.3 Å². The van der Waals surface area contributed by atoms with E-state index in [-0.39, 0.29) is 5.91 Å². The van der Waals surface area contributed by atoms with Crippen molar-refractivity contribution in [1.82, 2.24) is 15.1 Å².